The highest BCUT2D eigenvalue weighted by Crippen LogP contribution is 2.22. The van der Waals surface area contributed by atoms with Crippen molar-refractivity contribution in [2.45, 2.75) is 12.5 Å². The smallest absolute Gasteiger partial charge is 0.252 e. The summed E-state index contributed by atoms with van der Waals surface area (Å²) in [6, 6.07) is 15.2. The van der Waals surface area contributed by atoms with Gasteiger partial charge in [-0.15, -0.1) is 0 Å². The van der Waals surface area contributed by atoms with Gasteiger partial charge in [-0.05, 0) is 30.2 Å². The second-order valence-corrected chi connectivity index (χ2v) is 7.15. The third kappa shape index (κ3) is 5.21. The fraction of sp³-hybridized carbons (Fsp3) is 0.350. The SMILES string of the molecule is O=C(NCCCN1CCOC(c2ccccc2)C1)c1ccc(Cl)cc1Cl. The molecule has 6 heteroatoms. The van der Waals surface area contributed by atoms with Crippen LogP contribution in [0, 0.1) is 0 Å². The number of carbonyl (C=O) groups excluding carboxylic acids is 1. The summed E-state index contributed by atoms with van der Waals surface area (Å²) in [5.41, 5.74) is 1.66. The Morgan fingerprint density at radius 2 is 2.00 bits per heavy atom. The zero-order valence-electron chi connectivity index (χ0n) is 14.5. The van der Waals surface area contributed by atoms with Crippen molar-refractivity contribution in [1.29, 1.82) is 0 Å². The zero-order valence-corrected chi connectivity index (χ0v) is 16.0. The van der Waals surface area contributed by atoms with Crippen molar-refractivity contribution in [1.82, 2.24) is 10.2 Å². The Bertz CT molecular complexity index is 740. The topological polar surface area (TPSA) is 41.6 Å². The summed E-state index contributed by atoms with van der Waals surface area (Å²) in [5.74, 6) is -0.171. The minimum absolute atomic E-state index is 0.118. The van der Waals surface area contributed by atoms with Gasteiger partial charge in [-0.3, -0.25) is 9.69 Å². The molecule has 4 nitrogen and oxygen atoms in total. The molecule has 0 aromatic heterocycles. The first-order chi connectivity index (χ1) is 12.6. The van der Waals surface area contributed by atoms with E-state index in [0.29, 0.717) is 22.2 Å². The van der Waals surface area contributed by atoms with Gasteiger partial charge in [0.1, 0.15) is 0 Å². The fourth-order valence-electron chi connectivity index (χ4n) is 3.05. The van der Waals surface area contributed by atoms with Crippen LogP contribution in [0.25, 0.3) is 0 Å². The van der Waals surface area contributed by atoms with Crippen molar-refractivity contribution in [3.8, 4) is 0 Å². The minimum atomic E-state index is -0.171. The van der Waals surface area contributed by atoms with Gasteiger partial charge in [0.25, 0.3) is 5.91 Å². The van der Waals surface area contributed by atoms with Crippen LogP contribution in [0.3, 0.4) is 0 Å². The number of hydrogen-bond acceptors (Lipinski definition) is 3. The van der Waals surface area contributed by atoms with E-state index in [-0.39, 0.29) is 12.0 Å². The van der Waals surface area contributed by atoms with Gasteiger partial charge in [0.05, 0.1) is 23.3 Å². The van der Waals surface area contributed by atoms with Crippen molar-refractivity contribution in [2.24, 2.45) is 0 Å². The predicted molar refractivity (Wildman–Crippen MR) is 105 cm³/mol. The van der Waals surface area contributed by atoms with Crippen LogP contribution in [-0.2, 0) is 4.74 Å². The van der Waals surface area contributed by atoms with E-state index in [4.69, 9.17) is 27.9 Å². The highest BCUT2D eigenvalue weighted by atomic mass is 35.5. The van der Waals surface area contributed by atoms with E-state index in [1.165, 1.54) is 5.56 Å². The molecule has 0 aliphatic carbocycles. The lowest BCUT2D eigenvalue weighted by Gasteiger charge is -2.33. The molecule has 0 saturated carbocycles. The van der Waals surface area contributed by atoms with Gasteiger partial charge >= 0.3 is 0 Å². The normalized spacial score (nSPS) is 17.8. The average Bonchev–Trinajstić information content (AvgIpc) is 2.66. The quantitative estimate of drug-likeness (QED) is 0.749. The summed E-state index contributed by atoms with van der Waals surface area (Å²) in [5, 5.41) is 3.81. The molecule has 1 aliphatic rings. The van der Waals surface area contributed by atoms with E-state index < -0.39 is 0 Å². The summed E-state index contributed by atoms with van der Waals surface area (Å²) < 4.78 is 5.88. The molecule has 2 aromatic rings. The molecular formula is C20H22Cl2N2O2. The van der Waals surface area contributed by atoms with E-state index in [1.807, 2.05) is 18.2 Å². The molecule has 1 unspecified atom stereocenters. The molecule has 1 aliphatic heterocycles. The highest BCUT2D eigenvalue weighted by molar-refractivity contribution is 6.36. The van der Waals surface area contributed by atoms with E-state index >= 15 is 0 Å². The van der Waals surface area contributed by atoms with Crippen LogP contribution < -0.4 is 5.32 Å². The largest absolute Gasteiger partial charge is 0.371 e. The summed E-state index contributed by atoms with van der Waals surface area (Å²) in [7, 11) is 0. The first-order valence-corrected chi connectivity index (χ1v) is 9.51. The van der Waals surface area contributed by atoms with Crippen molar-refractivity contribution in [2.75, 3.05) is 32.8 Å². The molecule has 1 heterocycles. The van der Waals surface area contributed by atoms with Crippen LogP contribution in [0.5, 0.6) is 0 Å². The Labute approximate surface area is 164 Å². The molecule has 1 fully saturated rings. The number of benzene rings is 2. The van der Waals surface area contributed by atoms with Crippen molar-refractivity contribution >= 4 is 29.1 Å². The summed E-state index contributed by atoms with van der Waals surface area (Å²) in [4.78, 5) is 14.6. The summed E-state index contributed by atoms with van der Waals surface area (Å²) >= 11 is 11.9. The van der Waals surface area contributed by atoms with Gasteiger partial charge in [-0.2, -0.15) is 0 Å². The maximum absolute atomic E-state index is 12.2. The average molecular weight is 393 g/mol. The predicted octanol–water partition coefficient (Wildman–Crippen LogP) is 4.19. The Hall–Kier alpha value is -1.59. The van der Waals surface area contributed by atoms with Crippen molar-refractivity contribution in [3.63, 3.8) is 0 Å². The lowest BCUT2D eigenvalue weighted by Crippen LogP contribution is -2.39. The van der Waals surface area contributed by atoms with Gasteiger partial charge in [0, 0.05) is 31.2 Å². The van der Waals surface area contributed by atoms with Crippen LogP contribution in [0.2, 0.25) is 10.0 Å². The molecule has 0 spiro atoms. The molecular weight excluding hydrogens is 371 g/mol. The maximum atomic E-state index is 12.2. The third-order valence-corrected chi connectivity index (χ3v) is 4.98. The highest BCUT2D eigenvalue weighted by Gasteiger charge is 2.21. The van der Waals surface area contributed by atoms with Gasteiger partial charge in [0.2, 0.25) is 0 Å². The number of nitrogens with one attached hydrogen (secondary N) is 1. The lowest BCUT2D eigenvalue weighted by molar-refractivity contribution is -0.0301. The van der Waals surface area contributed by atoms with Crippen LogP contribution in [0.4, 0.5) is 0 Å². The van der Waals surface area contributed by atoms with Crippen LogP contribution in [-0.4, -0.2) is 43.6 Å². The number of nitrogens with zero attached hydrogens (tertiary/aromatic N) is 1. The second-order valence-electron chi connectivity index (χ2n) is 6.30. The molecule has 138 valence electrons. The van der Waals surface area contributed by atoms with Crippen LogP contribution in [0.15, 0.2) is 48.5 Å². The number of rotatable bonds is 6. The molecule has 0 bridgehead atoms. The van der Waals surface area contributed by atoms with E-state index in [2.05, 4.69) is 22.3 Å². The molecule has 2 aromatic carbocycles. The van der Waals surface area contributed by atoms with Crippen molar-refractivity contribution in [3.05, 3.63) is 69.7 Å². The Morgan fingerprint density at radius 3 is 2.77 bits per heavy atom. The standard InChI is InChI=1S/C20H22Cl2N2O2/c21-16-7-8-17(18(22)13-16)20(25)23-9-4-10-24-11-12-26-19(14-24)15-5-2-1-3-6-15/h1-3,5-8,13,19H,4,9-12,14H2,(H,23,25). The zero-order chi connectivity index (χ0) is 18.4. The van der Waals surface area contributed by atoms with Gasteiger partial charge in [0.15, 0.2) is 0 Å². The Balaban J connectivity index is 1.42. The third-order valence-electron chi connectivity index (χ3n) is 4.43. The van der Waals surface area contributed by atoms with E-state index in [9.17, 15) is 4.79 Å². The number of amides is 1. The molecule has 26 heavy (non-hydrogen) atoms. The van der Waals surface area contributed by atoms with Gasteiger partial charge in [-0.1, -0.05) is 53.5 Å². The fourth-order valence-corrected chi connectivity index (χ4v) is 3.54. The molecule has 0 radical (unpaired) electrons. The second kappa shape index (κ2) is 9.38. The molecule has 1 saturated heterocycles. The summed E-state index contributed by atoms with van der Waals surface area (Å²) in [6.07, 6.45) is 0.991. The lowest BCUT2D eigenvalue weighted by atomic mass is 10.1. The first kappa shape index (κ1) is 19.2. The molecule has 1 N–H and O–H groups in total. The monoisotopic (exact) mass is 392 g/mol. The summed E-state index contributed by atoms with van der Waals surface area (Å²) in [6.45, 7) is 4.04. The molecule has 3 rings (SSSR count). The minimum Gasteiger partial charge on any atom is -0.371 e. The van der Waals surface area contributed by atoms with Gasteiger partial charge < -0.3 is 10.1 Å². The number of morpholine rings is 1. The molecule has 1 atom stereocenters. The maximum Gasteiger partial charge on any atom is 0.252 e. The van der Waals surface area contributed by atoms with Crippen LogP contribution >= 0.6 is 23.2 Å². The number of halogens is 2. The Morgan fingerprint density at radius 1 is 1.19 bits per heavy atom. The number of hydrogen-bond donors (Lipinski definition) is 1. The first-order valence-electron chi connectivity index (χ1n) is 8.75. The number of ether oxygens (including phenoxy) is 1. The van der Waals surface area contributed by atoms with Crippen LogP contribution in [0.1, 0.15) is 28.4 Å². The Kier molecular flexibility index (Phi) is 6.92. The van der Waals surface area contributed by atoms with Gasteiger partial charge in [-0.25, -0.2) is 0 Å². The number of carbonyl (C=O) groups is 1. The molecule has 1 amide bonds. The van der Waals surface area contributed by atoms with Crippen molar-refractivity contribution < 1.29 is 9.53 Å². The van der Waals surface area contributed by atoms with E-state index in [1.54, 1.807) is 18.2 Å². The van der Waals surface area contributed by atoms with E-state index in [0.717, 1.165) is 32.7 Å².